The van der Waals surface area contributed by atoms with Crippen molar-refractivity contribution in [1.82, 2.24) is 15.2 Å². The first-order chi connectivity index (χ1) is 11.1. The molecule has 1 aliphatic heterocycles. The number of hydrogen-bond donors (Lipinski definition) is 1. The van der Waals surface area contributed by atoms with Crippen molar-refractivity contribution in [3.8, 4) is 0 Å². The molecule has 0 bridgehead atoms. The van der Waals surface area contributed by atoms with Crippen LogP contribution in [-0.2, 0) is 11.3 Å². The zero-order chi connectivity index (χ0) is 16.7. The van der Waals surface area contributed by atoms with Gasteiger partial charge in [0.25, 0.3) is 0 Å². The third-order valence-electron chi connectivity index (χ3n) is 4.71. The van der Waals surface area contributed by atoms with Crippen molar-refractivity contribution in [3.05, 3.63) is 30.1 Å². The minimum absolute atomic E-state index is 0.0240. The van der Waals surface area contributed by atoms with E-state index in [1.165, 1.54) is 0 Å². The lowest BCUT2D eigenvalue weighted by molar-refractivity contribution is -0.0335. The van der Waals surface area contributed by atoms with Crippen LogP contribution in [-0.4, -0.2) is 41.7 Å². The lowest BCUT2D eigenvalue weighted by Crippen LogP contribution is -2.47. The molecule has 0 radical (unpaired) electrons. The summed E-state index contributed by atoms with van der Waals surface area (Å²) in [6.07, 6.45) is 7.87. The zero-order valence-electron chi connectivity index (χ0n) is 14.5. The Hall–Kier alpha value is -1.62. The Morgan fingerprint density at radius 3 is 2.91 bits per heavy atom. The Kier molecular flexibility index (Phi) is 6.84. The largest absolute Gasteiger partial charge is 0.378 e. The van der Waals surface area contributed by atoms with Crippen LogP contribution in [0.2, 0.25) is 0 Å². The van der Waals surface area contributed by atoms with E-state index in [0.29, 0.717) is 12.5 Å². The summed E-state index contributed by atoms with van der Waals surface area (Å²) >= 11 is 0. The number of carbonyl (C=O) groups is 1. The van der Waals surface area contributed by atoms with Gasteiger partial charge in [0.2, 0.25) is 0 Å². The smallest absolute Gasteiger partial charge is 0.317 e. The number of nitrogens with zero attached hydrogens (tertiary/aromatic N) is 2. The number of urea groups is 1. The van der Waals surface area contributed by atoms with Gasteiger partial charge in [0, 0.05) is 38.6 Å². The molecule has 1 aromatic heterocycles. The molecule has 1 saturated heterocycles. The van der Waals surface area contributed by atoms with Crippen LogP contribution in [0.15, 0.2) is 24.5 Å². The van der Waals surface area contributed by atoms with Crippen LogP contribution >= 0.6 is 0 Å². The molecule has 23 heavy (non-hydrogen) atoms. The number of nitrogens with one attached hydrogen (secondary N) is 1. The third-order valence-corrected chi connectivity index (χ3v) is 4.71. The van der Waals surface area contributed by atoms with Gasteiger partial charge in [-0.05, 0) is 30.4 Å². The summed E-state index contributed by atoms with van der Waals surface area (Å²) in [6, 6.07) is 4.05. The number of hydrogen-bond acceptors (Lipinski definition) is 3. The fraction of sp³-hybridized carbons (Fsp3) is 0.667. The number of rotatable bonds is 6. The molecular weight excluding hydrogens is 290 g/mol. The molecule has 0 aromatic carbocycles. The first-order valence-electron chi connectivity index (χ1n) is 8.66. The van der Waals surface area contributed by atoms with E-state index in [1.807, 2.05) is 19.2 Å². The van der Waals surface area contributed by atoms with Gasteiger partial charge in [-0.15, -0.1) is 0 Å². The number of ether oxygens (including phenoxy) is 1. The molecule has 0 aliphatic carbocycles. The fourth-order valence-corrected chi connectivity index (χ4v) is 3.22. The van der Waals surface area contributed by atoms with Gasteiger partial charge in [0.1, 0.15) is 0 Å². The molecule has 0 saturated carbocycles. The molecule has 0 spiro atoms. The summed E-state index contributed by atoms with van der Waals surface area (Å²) in [7, 11) is 1.82. The quantitative estimate of drug-likeness (QED) is 0.876. The molecule has 2 heterocycles. The number of aromatic nitrogens is 1. The lowest BCUT2D eigenvalue weighted by Gasteiger charge is -2.35. The Labute approximate surface area is 139 Å². The van der Waals surface area contributed by atoms with Gasteiger partial charge in [-0.25, -0.2) is 4.79 Å². The highest BCUT2D eigenvalue weighted by molar-refractivity contribution is 5.74. The van der Waals surface area contributed by atoms with Crippen LogP contribution in [0.4, 0.5) is 4.79 Å². The van der Waals surface area contributed by atoms with E-state index >= 15 is 0 Å². The second kappa shape index (κ2) is 8.87. The number of pyridine rings is 1. The van der Waals surface area contributed by atoms with E-state index in [-0.39, 0.29) is 18.2 Å². The summed E-state index contributed by atoms with van der Waals surface area (Å²) < 4.78 is 5.92. The summed E-state index contributed by atoms with van der Waals surface area (Å²) in [4.78, 5) is 18.2. The number of amides is 2. The van der Waals surface area contributed by atoms with Crippen LogP contribution in [0.3, 0.4) is 0 Å². The Morgan fingerprint density at radius 2 is 2.26 bits per heavy atom. The molecule has 1 aromatic rings. The maximum Gasteiger partial charge on any atom is 0.317 e. The Morgan fingerprint density at radius 1 is 1.48 bits per heavy atom. The minimum atomic E-state index is -0.0240. The molecule has 128 valence electrons. The van der Waals surface area contributed by atoms with Gasteiger partial charge in [-0.3, -0.25) is 4.98 Å². The van der Waals surface area contributed by atoms with Crippen LogP contribution < -0.4 is 5.32 Å². The second-order valence-corrected chi connectivity index (χ2v) is 6.37. The summed E-state index contributed by atoms with van der Waals surface area (Å²) in [6.45, 7) is 5.72. The lowest BCUT2D eigenvalue weighted by atomic mass is 9.89. The topological polar surface area (TPSA) is 54.5 Å². The van der Waals surface area contributed by atoms with Gasteiger partial charge in [-0.1, -0.05) is 32.8 Å². The summed E-state index contributed by atoms with van der Waals surface area (Å²) in [5.41, 5.74) is 1.03. The van der Waals surface area contributed by atoms with Crippen molar-refractivity contribution >= 4 is 6.03 Å². The molecule has 2 atom stereocenters. The van der Waals surface area contributed by atoms with Gasteiger partial charge in [0.15, 0.2) is 0 Å². The molecule has 0 unspecified atom stereocenters. The summed E-state index contributed by atoms with van der Waals surface area (Å²) in [5, 5.41) is 3.16. The van der Waals surface area contributed by atoms with E-state index in [2.05, 4.69) is 24.1 Å². The van der Waals surface area contributed by atoms with Crippen molar-refractivity contribution < 1.29 is 9.53 Å². The molecule has 1 N–H and O–H groups in total. The first kappa shape index (κ1) is 17.7. The average molecular weight is 319 g/mol. The predicted molar refractivity (Wildman–Crippen MR) is 91.1 cm³/mol. The molecule has 2 rings (SSSR count). The van der Waals surface area contributed by atoms with Crippen molar-refractivity contribution in [2.75, 3.05) is 13.7 Å². The highest BCUT2D eigenvalue weighted by Gasteiger charge is 2.28. The van der Waals surface area contributed by atoms with Gasteiger partial charge < -0.3 is 15.0 Å². The first-order valence-corrected chi connectivity index (χ1v) is 8.66. The molecular formula is C18H29N3O2. The molecule has 1 fully saturated rings. The van der Waals surface area contributed by atoms with Gasteiger partial charge in [-0.2, -0.15) is 0 Å². The highest BCUT2D eigenvalue weighted by Crippen LogP contribution is 2.25. The predicted octanol–water partition coefficient (Wildman–Crippen LogP) is 3.21. The molecule has 1 aliphatic rings. The van der Waals surface area contributed by atoms with E-state index in [0.717, 1.165) is 37.9 Å². The SMILES string of the molecule is CCC(CC)[C@@H]1C[C@H](NC(=O)N(C)Cc2cccnc2)CCO1. The zero-order valence-corrected chi connectivity index (χ0v) is 14.5. The van der Waals surface area contributed by atoms with Crippen LogP contribution in [0.5, 0.6) is 0 Å². The minimum Gasteiger partial charge on any atom is -0.378 e. The average Bonchev–Trinajstić information content (AvgIpc) is 2.57. The van der Waals surface area contributed by atoms with E-state index in [1.54, 1.807) is 17.3 Å². The van der Waals surface area contributed by atoms with Crippen molar-refractivity contribution in [1.29, 1.82) is 0 Å². The van der Waals surface area contributed by atoms with Crippen LogP contribution in [0.1, 0.15) is 45.1 Å². The van der Waals surface area contributed by atoms with E-state index in [4.69, 9.17) is 4.74 Å². The van der Waals surface area contributed by atoms with Crippen LogP contribution in [0.25, 0.3) is 0 Å². The van der Waals surface area contributed by atoms with Crippen LogP contribution in [0, 0.1) is 5.92 Å². The fourth-order valence-electron chi connectivity index (χ4n) is 3.22. The molecule has 5 nitrogen and oxygen atoms in total. The monoisotopic (exact) mass is 319 g/mol. The van der Waals surface area contributed by atoms with Crippen molar-refractivity contribution in [3.63, 3.8) is 0 Å². The van der Waals surface area contributed by atoms with Gasteiger partial charge >= 0.3 is 6.03 Å². The summed E-state index contributed by atoms with van der Waals surface area (Å²) in [5.74, 6) is 0.586. The second-order valence-electron chi connectivity index (χ2n) is 6.37. The van der Waals surface area contributed by atoms with E-state index in [9.17, 15) is 4.79 Å². The normalized spacial score (nSPS) is 21.2. The Bertz CT molecular complexity index is 476. The highest BCUT2D eigenvalue weighted by atomic mass is 16.5. The molecule has 5 heteroatoms. The maximum atomic E-state index is 12.4. The number of carbonyl (C=O) groups excluding carboxylic acids is 1. The Balaban J connectivity index is 1.84. The van der Waals surface area contributed by atoms with E-state index < -0.39 is 0 Å². The van der Waals surface area contributed by atoms with Gasteiger partial charge in [0.05, 0.1) is 6.10 Å². The van der Waals surface area contributed by atoms with Crippen molar-refractivity contribution in [2.24, 2.45) is 5.92 Å². The standard InChI is InChI=1S/C18H29N3O2/c1-4-15(5-2)17-11-16(8-10-23-17)20-18(22)21(3)13-14-7-6-9-19-12-14/h6-7,9,12,15-17H,4-5,8,10-11,13H2,1-3H3,(H,20,22)/t16-,17+/m1/s1. The van der Waals surface area contributed by atoms with Crippen molar-refractivity contribution in [2.45, 2.75) is 58.2 Å². The maximum absolute atomic E-state index is 12.4. The molecule has 2 amide bonds. The third kappa shape index (κ3) is 5.20.